The maximum atomic E-state index is 12.3. The van der Waals surface area contributed by atoms with Crippen LogP contribution in [0.4, 0.5) is 13.2 Å². The van der Waals surface area contributed by atoms with Crippen molar-refractivity contribution in [1.29, 1.82) is 0 Å². The molecule has 1 aromatic heterocycles. The second-order valence-corrected chi connectivity index (χ2v) is 4.86. The Balaban J connectivity index is 1.98. The fraction of sp³-hybridized carbons (Fsp3) is 0.167. The minimum atomic E-state index is -4.45. The van der Waals surface area contributed by atoms with Crippen LogP contribution in [0.5, 0.6) is 5.75 Å². The summed E-state index contributed by atoms with van der Waals surface area (Å²) in [5, 5.41) is 7.79. The quantitative estimate of drug-likeness (QED) is 0.940. The van der Waals surface area contributed by atoms with Crippen molar-refractivity contribution >= 4 is 17.3 Å². The Morgan fingerprint density at radius 3 is 2.45 bits per heavy atom. The Labute approximate surface area is 115 Å². The van der Waals surface area contributed by atoms with Gasteiger partial charge in [0.15, 0.2) is 5.01 Å². The second kappa shape index (κ2) is 5.49. The number of rotatable bonds is 4. The molecule has 1 N–H and O–H groups in total. The molecule has 0 saturated heterocycles. The normalized spacial score (nSPS) is 11.3. The highest BCUT2D eigenvalue weighted by Gasteiger charge is 2.34. The first kappa shape index (κ1) is 14.3. The monoisotopic (exact) mass is 303 g/mol. The van der Waals surface area contributed by atoms with Gasteiger partial charge in [-0.1, -0.05) is 0 Å². The van der Waals surface area contributed by atoms with Gasteiger partial charge in [-0.15, -0.1) is 11.3 Å². The van der Waals surface area contributed by atoms with E-state index < -0.39 is 17.2 Å². The topological polar surface area (TPSA) is 59.4 Å². The van der Waals surface area contributed by atoms with Crippen LogP contribution in [-0.2, 0) is 12.8 Å². The van der Waals surface area contributed by atoms with E-state index in [9.17, 15) is 18.0 Å². The molecule has 0 aliphatic heterocycles. The lowest BCUT2D eigenvalue weighted by molar-refractivity contribution is -0.137. The molecule has 1 aromatic carbocycles. The number of hydrogen-bond acceptors (Lipinski definition) is 4. The van der Waals surface area contributed by atoms with E-state index >= 15 is 0 Å². The van der Waals surface area contributed by atoms with Crippen molar-refractivity contribution in [2.24, 2.45) is 0 Å². The van der Waals surface area contributed by atoms with Gasteiger partial charge in [0, 0.05) is 6.20 Å². The fourth-order valence-corrected chi connectivity index (χ4v) is 2.05. The first-order valence-electron chi connectivity index (χ1n) is 5.34. The SMILES string of the molecule is O=C(O)c1ccc(OCc2cnc(C(F)(F)F)s2)cc1. The molecule has 8 heteroatoms. The number of thiazole rings is 1. The first-order valence-corrected chi connectivity index (χ1v) is 6.16. The molecular weight excluding hydrogens is 295 g/mol. The Morgan fingerprint density at radius 2 is 1.95 bits per heavy atom. The van der Waals surface area contributed by atoms with Crippen molar-refractivity contribution in [1.82, 2.24) is 4.98 Å². The number of hydrogen-bond donors (Lipinski definition) is 1. The number of ether oxygens (including phenoxy) is 1. The highest BCUT2D eigenvalue weighted by molar-refractivity contribution is 7.11. The van der Waals surface area contributed by atoms with Gasteiger partial charge < -0.3 is 9.84 Å². The molecule has 0 atom stereocenters. The summed E-state index contributed by atoms with van der Waals surface area (Å²) >= 11 is 0.512. The lowest BCUT2D eigenvalue weighted by Crippen LogP contribution is -2.02. The van der Waals surface area contributed by atoms with Gasteiger partial charge in [-0.3, -0.25) is 0 Å². The molecule has 4 nitrogen and oxygen atoms in total. The summed E-state index contributed by atoms with van der Waals surface area (Å²) in [5.74, 6) is -0.689. The van der Waals surface area contributed by atoms with Crippen LogP contribution < -0.4 is 4.74 Å². The van der Waals surface area contributed by atoms with Crippen molar-refractivity contribution in [3.05, 3.63) is 45.9 Å². The molecule has 0 fully saturated rings. The second-order valence-electron chi connectivity index (χ2n) is 3.75. The summed E-state index contributed by atoms with van der Waals surface area (Å²) in [6.07, 6.45) is -3.34. The third-order valence-electron chi connectivity index (χ3n) is 2.28. The van der Waals surface area contributed by atoms with Crippen LogP contribution >= 0.6 is 11.3 Å². The maximum absolute atomic E-state index is 12.3. The number of benzene rings is 1. The maximum Gasteiger partial charge on any atom is 0.443 e. The van der Waals surface area contributed by atoms with Crippen LogP contribution in [0.3, 0.4) is 0 Å². The molecule has 0 radical (unpaired) electrons. The number of halogens is 3. The first-order chi connectivity index (χ1) is 9.36. The number of nitrogens with zero attached hydrogens (tertiary/aromatic N) is 1. The summed E-state index contributed by atoms with van der Waals surface area (Å²) in [6, 6.07) is 5.58. The van der Waals surface area contributed by atoms with Gasteiger partial charge in [0.2, 0.25) is 0 Å². The van der Waals surface area contributed by atoms with E-state index in [0.29, 0.717) is 22.0 Å². The van der Waals surface area contributed by atoms with Crippen molar-refractivity contribution in [3.8, 4) is 5.75 Å². The van der Waals surface area contributed by atoms with Gasteiger partial charge in [0.25, 0.3) is 0 Å². The number of aromatic nitrogens is 1. The summed E-state index contributed by atoms with van der Waals surface area (Å²) < 4.78 is 42.3. The van der Waals surface area contributed by atoms with Crippen LogP contribution in [0.25, 0.3) is 0 Å². The minimum absolute atomic E-state index is 0.0554. The zero-order valence-electron chi connectivity index (χ0n) is 9.85. The molecule has 0 amide bonds. The molecule has 0 unspecified atom stereocenters. The van der Waals surface area contributed by atoms with Crippen molar-refractivity contribution < 1.29 is 27.8 Å². The number of carbonyl (C=O) groups is 1. The number of aromatic carboxylic acids is 1. The Hall–Kier alpha value is -2.09. The van der Waals surface area contributed by atoms with Gasteiger partial charge in [0.05, 0.1) is 10.4 Å². The predicted molar refractivity (Wildman–Crippen MR) is 64.8 cm³/mol. The molecule has 2 aromatic rings. The van der Waals surface area contributed by atoms with Crippen LogP contribution in [-0.4, -0.2) is 16.1 Å². The largest absolute Gasteiger partial charge is 0.488 e. The zero-order valence-corrected chi connectivity index (χ0v) is 10.7. The van der Waals surface area contributed by atoms with E-state index in [4.69, 9.17) is 9.84 Å². The smallest absolute Gasteiger partial charge is 0.443 e. The van der Waals surface area contributed by atoms with Crippen LogP contribution in [0.15, 0.2) is 30.5 Å². The fourth-order valence-electron chi connectivity index (χ4n) is 1.35. The lowest BCUT2D eigenvalue weighted by atomic mass is 10.2. The molecule has 106 valence electrons. The third kappa shape index (κ3) is 3.47. The lowest BCUT2D eigenvalue weighted by Gasteiger charge is -2.04. The van der Waals surface area contributed by atoms with Gasteiger partial charge in [-0.05, 0) is 24.3 Å². The molecule has 0 spiro atoms. The highest BCUT2D eigenvalue weighted by atomic mass is 32.1. The summed E-state index contributed by atoms with van der Waals surface area (Å²) in [5.41, 5.74) is 0.106. The van der Waals surface area contributed by atoms with E-state index in [0.717, 1.165) is 6.20 Å². The van der Waals surface area contributed by atoms with Gasteiger partial charge in [-0.2, -0.15) is 13.2 Å². The molecule has 1 heterocycles. The number of alkyl halides is 3. The third-order valence-corrected chi connectivity index (χ3v) is 3.29. The van der Waals surface area contributed by atoms with Crippen LogP contribution in [0, 0.1) is 0 Å². The Kier molecular flexibility index (Phi) is 3.93. The Morgan fingerprint density at radius 1 is 1.30 bits per heavy atom. The van der Waals surface area contributed by atoms with Gasteiger partial charge >= 0.3 is 12.1 Å². The van der Waals surface area contributed by atoms with Gasteiger partial charge in [0.1, 0.15) is 12.4 Å². The standard InChI is InChI=1S/C12H8F3NO3S/c13-12(14,15)11-16-5-9(20-11)6-19-8-3-1-7(2-4-8)10(17)18/h1-5H,6H2,(H,17,18). The van der Waals surface area contributed by atoms with E-state index in [1.54, 1.807) is 0 Å². The van der Waals surface area contributed by atoms with E-state index in [-0.39, 0.29) is 12.2 Å². The molecule has 0 bridgehead atoms. The van der Waals surface area contributed by atoms with Crippen molar-refractivity contribution in [2.75, 3.05) is 0 Å². The molecule has 20 heavy (non-hydrogen) atoms. The average Bonchev–Trinajstić information content (AvgIpc) is 2.85. The molecule has 0 saturated carbocycles. The van der Waals surface area contributed by atoms with E-state index in [2.05, 4.69) is 4.98 Å². The van der Waals surface area contributed by atoms with Gasteiger partial charge in [-0.25, -0.2) is 9.78 Å². The summed E-state index contributed by atoms with van der Waals surface area (Å²) in [7, 11) is 0. The predicted octanol–water partition coefficient (Wildman–Crippen LogP) is 3.44. The molecular formula is C12H8F3NO3S. The van der Waals surface area contributed by atoms with Crippen molar-refractivity contribution in [2.45, 2.75) is 12.8 Å². The van der Waals surface area contributed by atoms with Crippen LogP contribution in [0.2, 0.25) is 0 Å². The number of carboxylic acid groups (broad SMARTS) is 1. The number of carboxylic acids is 1. The average molecular weight is 303 g/mol. The van der Waals surface area contributed by atoms with Crippen LogP contribution in [0.1, 0.15) is 20.2 Å². The minimum Gasteiger partial charge on any atom is -0.488 e. The zero-order chi connectivity index (χ0) is 14.8. The molecule has 0 aliphatic carbocycles. The molecule has 0 aliphatic rings. The van der Waals surface area contributed by atoms with Crippen molar-refractivity contribution in [3.63, 3.8) is 0 Å². The summed E-state index contributed by atoms with van der Waals surface area (Å²) in [4.78, 5) is 14.2. The molecule has 2 rings (SSSR count). The van der Waals surface area contributed by atoms with E-state index in [1.807, 2.05) is 0 Å². The Bertz CT molecular complexity index is 607. The van der Waals surface area contributed by atoms with E-state index in [1.165, 1.54) is 24.3 Å². The summed E-state index contributed by atoms with van der Waals surface area (Å²) in [6.45, 7) is -0.0554. The highest BCUT2D eigenvalue weighted by Crippen LogP contribution is 2.32.